The minimum atomic E-state index is -4.70. The van der Waals surface area contributed by atoms with Gasteiger partial charge in [-0.3, -0.25) is 9.10 Å². The molecule has 0 radical (unpaired) electrons. The first-order valence-corrected chi connectivity index (χ1v) is 11.5. The first-order valence-electron chi connectivity index (χ1n) is 9.25. The van der Waals surface area contributed by atoms with Gasteiger partial charge in [0.2, 0.25) is 10.0 Å². The third kappa shape index (κ3) is 5.80. The van der Waals surface area contributed by atoms with Gasteiger partial charge in [-0.05, 0) is 48.0 Å². The van der Waals surface area contributed by atoms with Gasteiger partial charge < -0.3 is 5.32 Å². The van der Waals surface area contributed by atoms with E-state index in [0.717, 1.165) is 24.0 Å². The van der Waals surface area contributed by atoms with Crippen LogP contribution in [0.4, 0.5) is 24.5 Å². The molecule has 0 saturated carbocycles. The summed E-state index contributed by atoms with van der Waals surface area (Å²) >= 11 is 5.65. The number of nitrogens with one attached hydrogen (secondary N) is 1. The normalized spacial score (nSPS) is 11.8. The monoisotopic (exact) mass is 482 g/mol. The maximum atomic E-state index is 13.2. The maximum absolute atomic E-state index is 13.2. The molecule has 168 valence electrons. The molecule has 0 heterocycles. The summed E-state index contributed by atoms with van der Waals surface area (Å²) in [5.41, 5.74) is -0.360. The molecule has 3 aromatic rings. The van der Waals surface area contributed by atoms with Crippen LogP contribution < -0.4 is 9.62 Å². The van der Waals surface area contributed by atoms with Crippen molar-refractivity contribution in [3.05, 3.63) is 94.5 Å². The van der Waals surface area contributed by atoms with Crippen molar-refractivity contribution in [2.75, 3.05) is 15.9 Å². The van der Waals surface area contributed by atoms with E-state index < -0.39 is 33.4 Å². The van der Waals surface area contributed by atoms with E-state index in [4.69, 9.17) is 11.6 Å². The number of rotatable bonds is 6. The zero-order valence-corrected chi connectivity index (χ0v) is 18.3. The number of hydrogen-bond acceptors (Lipinski definition) is 3. The Morgan fingerprint density at radius 2 is 1.62 bits per heavy atom. The van der Waals surface area contributed by atoms with E-state index >= 15 is 0 Å². The molecule has 0 aliphatic heterocycles. The molecule has 5 nitrogen and oxygen atoms in total. The van der Waals surface area contributed by atoms with Gasteiger partial charge in [-0.15, -0.1) is 0 Å². The van der Waals surface area contributed by atoms with E-state index in [9.17, 15) is 26.4 Å². The quantitative estimate of drug-likeness (QED) is 0.499. The second kappa shape index (κ2) is 9.22. The SMILES string of the molecule is CS(=O)(=O)N(Cc1ccccc1)c1ccc(C(=O)Nc2ccc(Cl)cc2C(F)(F)F)cc1. The van der Waals surface area contributed by atoms with Crippen molar-refractivity contribution in [3.8, 4) is 0 Å². The highest BCUT2D eigenvalue weighted by molar-refractivity contribution is 7.92. The minimum absolute atomic E-state index is 0.0602. The Morgan fingerprint density at radius 1 is 1.00 bits per heavy atom. The van der Waals surface area contributed by atoms with Crippen molar-refractivity contribution in [2.24, 2.45) is 0 Å². The topological polar surface area (TPSA) is 66.5 Å². The van der Waals surface area contributed by atoms with Crippen molar-refractivity contribution >= 4 is 38.9 Å². The second-order valence-corrected chi connectivity index (χ2v) is 9.29. The first kappa shape index (κ1) is 23.6. The van der Waals surface area contributed by atoms with Crippen LogP contribution in [0.1, 0.15) is 21.5 Å². The van der Waals surface area contributed by atoms with Crippen LogP contribution in [0, 0.1) is 0 Å². The number of halogens is 4. The van der Waals surface area contributed by atoms with Crippen molar-refractivity contribution < 1.29 is 26.4 Å². The van der Waals surface area contributed by atoms with Gasteiger partial charge in [0.25, 0.3) is 5.91 Å². The van der Waals surface area contributed by atoms with Crippen LogP contribution in [0.15, 0.2) is 72.8 Å². The number of hydrogen-bond donors (Lipinski definition) is 1. The summed E-state index contributed by atoms with van der Waals surface area (Å²) in [7, 11) is -3.63. The highest BCUT2D eigenvalue weighted by atomic mass is 35.5. The molecule has 0 aromatic heterocycles. The van der Waals surface area contributed by atoms with Gasteiger partial charge >= 0.3 is 6.18 Å². The van der Waals surface area contributed by atoms with Crippen molar-refractivity contribution in [1.29, 1.82) is 0 Å². The molecule has 0 spiro atoms. The molecule has 32 heavy (non-hydrogen) atoms. The molecule has 3 aromatic carbocycles. The molecule has 0 atom stereocenters. The predicted octanol–water partition coefficient (Wildman–Crippen LogP) is 5.58. The zero-order chi connectivity index (χ0) is 23.5. The number of nitrogens with zero attached hydrogens (tertiary/aromatic N) is 1. The minimum Gasteiger partial charge on any atom is -0.321 e. The summed E-state index contributed by atoms with van der Waals surface area (Å²) in [5, 5.41) is 2.12. The molecular weight excluding hydrogens is 465 g/mol. The number of amides is 1. The Kier molecular flexibility index (Phi) is 6.80. The summed E-state index contributed by atoms with van der Waals surface area (Å²) in [6, 6.07) is 17.5. The highest BCUT2D eigenvalue weighted by Crippen LogP contribution is 2.36. The van der Waals surface area contributed by atoms with Crippen LogP contribution in [-0.2, 0) is 22.7 Å². The lowest BCUT2D eigenvalue weighted by Crippen LogP contribution is -2.29. The molecule has 0 aliphatic carbocycles. The third-order valence-corrected chi connectivity index (χ3v) is 5.90. The smallest absolute Gasteiger partial charge is 0.321 e. The third-order valence-electron chi connectivity index (χ3n) is 4.52. The molecule has 0 fully saturated rings. The van der Waals surface area contributed by atoms with E-state index in [0.29, 0.717) is 5.69 Å². The van der Waals surface area contributed by atoms with E-state index in [1.807, 2.05) is 6.07 Å². The van der Waals surface area contributed by atoms with E-state index in [2.05, 4.69) is 5.32 Å². The number of alkyl halides is 3. The maximum Gasteiger partial charge on any atom is 0.418 e. The molecule has 10 heteroatoms. The molecule has 0 aliphatic rings. The number of sulfonamides is 1. The lowest BCUT2D eigenvalue weighted by Gasteiger charge is -2.22. The summed E-state index contributed by atoms with van der Waals surface area (Å²) in [6.45, 7) is 0.0882. The van der Waals surface area contributed by atoms with Crippen LogP contribution in [0.5, 0.6) is 0 Å². The Labute approximate surface area is 188 Å². The molecule has 1 amide bonds. The van der Waals surface area contributed by atoms with Crippen molar-refractivity contribution in [3.63, 3.8) is 0 Å². The number of carbonyl (C=O) groups is 1. The molecule has 3 rings (SSSR count). The molecule has 0 bridgehead atoms. The number of anilines is 2. The lowest BCUT2D eigenvalue weighted by molar-refractivity contribution is -0.136. The van der Waals surface area contributed by atoms with Crippen LogP contribution in [0.2, 0.25) is 5.02 Å². The Hall–Kier alpha value is -3.04. The Bertz CT molecular complexity index is 1220. The Balaban J connectivity index is 1.84. The fourth-order valence-electron chi connectivity index (χ4n) is 2.98. The van der Waals surface area contributed by atoms with Gasteiger partial charge in [-0.25, -0.2) is 8.42 Å². The average Bonchev–Trinajstić information content (AvgIpc) is 2.72. The summed E-state index contributed by atoms with van der Waals surface area (Å²) in [4.78, 5) is 12.5. The van der Waals surface area contributed by atoms with Crippen LogP contribution >= 0.6 is 11.6 Å². The second-order valence-electron chi connectivity index (χ2n) is 6.94. The standard InChI is InChI=1S/C22H18ClF3N2O3S/c1-32(30,31)28(14-15-5-3-2-4-6-15)18-10-7-16(8-11-18)21(29)27-20-12-9-17(23)13-19(20)22(24,25)26/h2-13H,14H2,1H3,(H,27,29). The van der Waals surface area contributed by atoms with Gasteiger partial charge in [0.1, 0.15) is 0 Å². The lowest BCUT2D eigenvalue weighted by atomic mass is 10.1. The zero-order valence-electron chi connectivity index (χ0n) is 16.7. The summed E-state index contributed by atoms with van der Waals surface area (Å²) in [6.07, 6.45) is -3.64. The van der Waals surface area contributed by atoms with Crippen LogP contribution in [0.3, 0.4) is 0 Å². The first-order chi connectivity index (χ1) is 14.9. The van der Waals surface area contributed by atoms with Crippen molar-refractivity contribution in [2.45, 2.75) is 12.7 Å². The van der Waals surface area contributed by atoms with Gasteiger partial charge in [0.15, 0.2) is 0 Å². The molecular formula is C22H18ClF3N2O3S. The van der Waals surface area contributed by atoms with Gasteiger partial charge in [-0.2, -0.15) is 13.2 Å². The average molecular weight is 483 g/mol. The Morgan fingerprint density at radius 3 is 2.19 bits per heavy atom. The fourth-order valence-corrected chi connectivity index (χ4v) is 4.04. The van der Waals surface area contributed by atoms with Crippen LogP contribution in [0.25, 0.3) is 0 Å². The van der Waals surface area contributed by atoms with Gasteiger partial charge in [0, 0.05) is 10.6 Å². The van der Waals surface area contributed by atoms with E-state index in [1.54, 1.807) is 24.3 Å². The number of carbonyl (C=O) groups excluding carboxylic acids is 1. The molecule has 0 unspecified atom stereocenters. The summed E-state index contributed by atoms with van der Waals surface area (Å²) in [5.74, 6) is -0.779. The molecule has 0 saturated heterocycles. The fraction of sp³-hybridized carbons (Fsp3) is 0.136. The summed E-state index contributed by atoms with van der Waals surface area (Å²) < 4.78 is 65.5. The van der Waals surface area contributed by atoms with Gasteiger partial charge in [0.05, 0.1) is 29.7 Å². The largest absolute Gasteiger partial charge is 0.418 e. The number of benzene rings is 3. The van der Waals surface area contributed by atoms with E-state index in [-0.39, 0.29) is 17.1 Å². The van der Waals surface area contributed by atoms with Crippen LogP contribution in [-0.4, -0.2) is 20.6 Å². The van der Waals surface area contributed by atoms with Crippen molar-refractivity contribution in [1.82, 2.24) is 0 Å². The van der Waals surface area contributed by atoms with E-state index in [1.165, 1.54) is 34.6 Å². The highest BCUT2D eigenvalue weighted by Gasteiger charge is 2.34. The molecule has 1 N–H and O–H groups in total. The predicted molar refractivity (Wildman–Crippen MR) is 118 cm³/mol. The van der Waals surface area contributed by atoms with Gasteiger partial charge in [-0.1, -0.05) is 41.9 Å².